The van der Waals surface area contributed by atoms with Gasteiger partial charge in [-0.15, -0.1) is 5.10 Å². The highest BCUT2D eigenvalue weighted by molar-refractivity contribution is 6.33. The molecule has 0 aliphatic rings. The Balaban J connectivity index is 2.32. The molecule has 0 saturated carbocycles. The molecule has 0 radical (unpaired) electrons. The van der Waals surface area contributed by atoms with Crippen molar-refractivity contribution in [2.24, 2.45) is 0 Å². The van der Waals surface area contributed by atoms with E-state index in [1.54, 1.807) is 36.1 Å². The van der Waals surface area contributed by atoms with Crippen LogP contribution in [-0.2, 0) is 0 Å². The molecule has 3 aromatic heterocycles. The predicted molar refractivity (Wildman–Crippen MR) is 62.0 cm³/mol. The number of rotatable bonds is 1. The van der Waals surface area contributed by atoms with Gasteiger partial charge >= 0.3 is 0 Å². The lowest BCUT2D eigenvalue weighted by Gasteiger charge is -2.01. The molecule has 3 aromatic rings. The maximum absolute atomic E-state index is 6.02. The van der Waals surface area contributed by atoms with E-state index in [1.807, 2.05) is 0 Å². The van der Waals surface area contributed by atoms with E-state index in [-0.39, 0.29) is 0 Å². The molecule has 3 rings (SSSR count). The second-order valence-electron chi connectivity index (χ2n) is 3.44. The Labute approximate surface area is 101 Å². The maximum Gasteiger partial charge on any atom is 0.178 e. The van der Waals surface area contributed by atoms with E-state index in [4.69, 9.17) is 11.6 Å². The van der Waals surface area contributed by atoms with Gasteiger partial charge in [0.15, 0.2) is 11.5 Å². The zero-order chi connectivity index (χ0) is 11.8. The summed E-state index contributed by atoms with van der Waals surface area (Å²) >= 11 is 6.02. The van der Waals surface area contributed by atoms with E-state index in [0.29, 0.717) is 27.8 Å². The van der Waals surface area contributed by atoms with E-state index in [1.165, 1.54) is 0 Å². The van der Waals surface area contributed by atoms with Crippen LogP contribution in [0.5, 0.6) is 0 Å². The molecule has 84 valence electrons. The summed E-state index contributed by atoms with van der Waals surface area (Å²) in [5.74, 6) is 1.19. The van der Waals surface area contributed by atoms with Crippen molar-refractivity contribution in [1.29, 1.82) is 0 Å². The van der Waals surface area contributed by atoms with Crippen LogP contribution in [0.1, 0.15) is 5.82 Å². The van der Waals surface area contributed by atoms with Crippen molar-refractivity contribution in [2.45, 2.75) is 6.92 Å². The summed E-state index contributed by atoms with van der Waals surface area (Å²) < 4.78 is 1.59. The van der Waals surface area contributed by atoms with Gasteiger partial charge in [0.1, 0.15) is 11.0 Å². The molecule has 7 heteroatoms. The monoisotopic (exact) mass is 246 g/mol. The van der Waals surface area contributed by atoms with Crippen LogP contribution in [0.25, 0.3) is 16.9 Å². The van der Waals surface area contributed by atoms with E-state index >= 15 is 0 Å². The van der Waals surface area contributed by atoms with Crippen molar-refractivity contribution < 1.29 is 0 Å². The van der Waals surface area contributed by atoms with Crippen molar-refractivity contribution in [1.82, 2.24) is 29.9 Å². The summed E-state index contributed by atoms with van der Waals surface area (Å²) in [5.41, 5.74) is 0.628. The largest absolute Gasteiger partial charge is 0.221 e. The molecule has 0 unspecified atom stereocenters. The lowest BCUT2D eigenvalue weighted by Crippen LogP contribution is -2.02. The van der Waals surface area contributed by atoms with Crippen molar-refractivity contribution in [3.05, 3.63) is 35.5 Å². The number of fused-ring (bicyclic) bond motifs is 1. The normalized spacial score (nSPS) is 10.9. The van der Waals surface area contributed by atoms with E-state index in [9.17, 15) is 0 Å². The minimum atomic E-state index is 0.391. The van der Waals surface area contributed by atoms with Gasteiger partial charge in [0.2, 0.25) is 0 Å². The number of hydrogen-bond acceptors (Lipinski definition) is 5. The van der Waals surface area contributed by atoms with Crippen LogP contribution in [-0.4, -0.2) is 29.9 Å². The van der Waals surface area contributed by atoms with Crippen molar-refractivity contribution in [3.63, 3.8) is 0 Å². The topological polar surface area (TPSA) is 69.4 Å². The summed E-state index contributed by atoms with van der Waals surface area (Å²) in [7, 11) is 0. The van der Waals surface area contributed by atoms with Crippen LogP contribution in [0.2, 0.25) is 5.15 Å². The minimum Gasteiger partial charge on any atom is -0.221 e. The molecule has 0 N–H and O–H groups in total. The fourth-order valence-electron chi connectivity index (χ4n) is 1.55. The first-order valence-corrected chi connectivity index (χ1v) is 5.29. The van der Waals surface area contributed by atoms with Gasteiger partial charge in [-0.2, -0.15) is 14.9 Å². The smallest absolute Gasteiger partial charge is 0.178 e. The van der Waals surface area contributed by atoms with Crippen LogP contribution in [0.3, 0.4) is 0 Å². The lowest BCUT2D eigenvalue weighted by molar-refractivity contribution is 0.824. The Morgan fingerprint density at radius 3 is 2.94 bits per heavy atom. The van der Waals surface area contributed by atoms with Gasteiger partial charge in [-0.3, -0.25) is 0 Å². The summed E-state index contributed by atoms with van der Waals surface area (Å²) in [6, 6.07) is 3.58. The summed E-state index contributed by atoms with van der Waals surface area (Å²) in [6.45, 7) is 1.78. The molecule has 0 fully saturated rings. The highest BCUT2D eigenvalue weighted by Crippen LogP contribution is 2.21. The maximum atomic E-state index is 6.02. The zero-order valence-electron chi connectivity index (χ0n) is 8.87. The first kappa shape index (κ1) is 10.1. The average Bonchev–Trinajstić information content (AvgIpc) is 2.74. The Hall–Kier alpha value is -2.08. The van der Waals surface area contributed by atoms with Gasteiger partial charge in [-0.05, 0) is 19.1 Å². The fourth-order valence-corrected chi connectivity index (χ4v) is 1.81. The highest BCUT2D eigenvalue weighted by atomic mass is 35.5. The molecule has 0 aliphatic heterocycles. The number of hydrogen-bond donors (Lipinski definition) is 0. The van der Waals surface area contributed by atoms with Gasteiger partial charge in [-0.25, -0.2) is 9.97 Å². The van der Waals surface area contributed by atoms with Crippen molar-refractivity contribution in [3.8, 4) is 5.82 Å². The van der Waals surface area contributed by atoms with Crippen LogP contribution >= 0.6 is 11.6 Å². The van der Waals surface area contributed by atoms with Gasteiger partial charge in [0.05, 0.1) is 11.6 Å². The lowest BCUT2D eigenvalue weighted by atomic mass is 10.4. The van der Waals surface area contributed by atoms with Gasteiger partial charge in [0, 0.05) is 6.20 Å². The molecule has 0 spiro atoms. The van der Waals surface area contributed by atoms with Crippen LogP contribution in [0.4, 0.5) is 0 Å². The van der Waals surface area contributed by atoms with Crippen molar-refractivity contribution >= 4 is 22.6 Å². The Kier molecular flexibility index (Phi) is 2.22. The van der Waals surface area contributed by atoms with Gasteiger partial charge in [0.25, 0.3) is 0 Å². The molecular formula is C10H7ClN6. The minimum absolute atomic E-state index is 0.391. The summed E-state index contributed by atoms with van der Waals surface area (Å²) in [6.07, 6.45) is 3.22. The first-order valence-electron chi connectivity index (χ1n) is 4.91. The second-order valence-corrected chi connectivity index (χ2v) is 3.80. The summed E-state index contributed by atoms with van der Waals surface area (Å²) in [4.78, 5) is 8.38. The van der Waals surface area contributed by atoms with Crippen molar-refractivity contribution in [2.75, 3.05) is 0 Å². The van der Waals surface area contributed by atoms with Crippen LogP contribution < -0.4 is 0 Å². The Bertz CT molecular complexity index is 678. The molecule has 0 aliphatic carbocycles. The molecule has 0 amide bonds. The third kappa shape index (κ3) is 1.62. The molecule has 17 heavy (non-hydrogen) atoms. The standard InChI is InChI=1S/C10H7ClN6/c1-6-14-9(11)7-5-13-17(10(7)15-6)8-3-2-4-12-16-8/h2-5H,1H3. The number of aryl methyl sites for hydroxylation is 1. The van der Waals surface area contributed by atoms with Gasteiger partial charge < -0.3 is 0 Å². The number of halogens is 1. The molecule has 0 saturated heterocycles. The average molecular weight is 247 g/mol. The fraction of sp³-hybridized carbons (Fsp3) is 0.100. The highest BCUT2D eigenvalue weighted by Gasteiger charge is 2.11. The number of aromatic nitrogens is 6. The van der Waals surface area contributed by atoms with Crippen LogP contribution in [0, 0.1) is 6.92 Å². The molecule has 0 aromatic carbocycles. The Morgan fingerprint density at radius 2 is 2.18 bits per heavy atom. The molecule has 0 bridgehead atoms. The van der Waals surface area contributed by atoms with E-state index in [0.717, 1.165) is 0 Å². The first-order chi connectivity index (χ1) is 8.25. The number of nitrogens with zero attached hydrogens (tertiary/aromatic N) is 6. The molecule has 3 heterocycles. The van der Waals surface area contributed by atoms with E-state index < -0.39 is 0 Å². The Morgan fingerprint density at radius 1 is 1.29 bits per heavy atom. The van der Waals surface area contributed by atoms with Crippen LogP contribution in [0.15, 0.2) is 24.5 Å². The second kappa shape index (κ2) is 3.74. The third-order valence-corrected chi connectivity index (χ3v) is 2.56. The van der Waals surface area contributed by atoms with Gasteiger partial charge in [-0.1, -0.05) is 11.6 Å². The quantitative estimate of drug-likeness (QED) is 0.610. The zero-order valence-corrected chi connectivity index (χ0v) is 9.63. The molecule has 6 nitrogen and oxygen atoms in total. The third-order valence-electron chi connectivity index (χ3n) is 2.27. The van der Waals surface area contributed by atoms with E-state index in [2.05, 4.69) is 25.3 Å². The predicted octanol–water partition coefficient (Wildman–Crippen LogP) is 1.57. The summed E-state index contributed by atoms with van der Waals surface area (Å²) in [5, 5.41) is 13.1. The molecule has 0 atom stereocenters. The molecular weight excluding hydrogens is 240 g/mol. The SMILES string of the molecule is Cc1nc(Cl)c2cnn(-c3cccnn3)c2n1.